The molecule has 0 atom stereocenters. The van der Waals surface area contributed by atoms with Gasteiger partial charge >= 0.3 is 0 Å². The minimum Gasteiger partial charge on any atom is -0.478 e. The first-order valence-electron chi connectivity index (χ1n) is 9.32. The van der Waals surface area contributed by atoms with Crippen molar-refractivity contribution in [2.24, 2.45) is 0 Å². The van der Waals surface area contributed by atoms with Crippen molar-refractivity contribution in [2.45, 2.75) is 11.8 Å². The van der Waals surface area contributed by atoms with Crippen molar-refractivity contribution >= 4 is 38.8 Å². The highest BCUT2D eigenvalue weighted by atomic mass is 35.5. The highest BCUT2D eigenvalue weighted by Crippen LogP contribution is 2.40. The quantitative estimate of drug-likeness (QED) is 0.325. The molecule has 4 rings (SSSR count). The fourth-order valence-electron chi connectivity index (χ4n) is 2.89. The maximum atomic E-state index is 14.8. The Morgan fingerprint density at radius 3 is 2.70 bits per heavy atom. The number of halogens is 3. The fraction of sp³-hybridized carbons (Fsp3) is 0.100. The molecule has 4 aromatic rings. The van der Waals surface area contributed by atoms with Gasteiger partial charge < -0.3 is 9.47 Å². The number of aromatic amines is 1. The van der Waals surface area contributed by atoms with Crippen molar-refractivity contribution in [3.63, 3.8) is 0 Å². The Morgan fingerprint density at radius 1 is 1.15 bits per heavy atom. The summed E-state index contributed by atoms with van der Waals surface area (Å²) in [6.07, 6.45) is 1.47. The average Bonchev–Trinajstić information content (AvgIpc) is 3.43. The zero-order valence-electron chi connectivity index (χ0n) is 16.8. The molecule has 13 heteroatoms. The van der Waals surface area contributed by atoms with Gasteiger partial charge in [0.2, 0.25) is 5.88 Å². The van der Waals surface area contributed by atoms with Crippen LogP contribution in [0.1, 0.15) is 6.92 Å². The molecule has 172 valence electrons. The molecule has 2 aromatic heterocycles. The second-order valence-corrected chi connectivity index (χ2v) is 9.29. The molecule has 0 saturated heterocycles. The predicted molar refractivity (Wildman–Crippen MR) is 120 cm³/mol. The molecule has 2 N–H and O–H groups in total. The van der Waals surface area contributed by atoms with Crippen LogP contribution in [0, 0.1) is 11.6 Å². The van der Waals surface area contributed by atoms with E-state index in [9.17, 15) is 17.2 Å². The average molecular weight is 513 g/mol. The van der Waals surface area contributed by atoms with Crippen LogP contribution in [0.2, 0.25) is 5.02 Å². The topological polar surface area (TPSA) is 106 Å². The first-order valence-corrected chi connectivity index (χ1v) is 12.1. The van der Waals surface area contributed by atoms with Gasteiger partial charge in [-0.2, -0.15) is 5.10 Å². The van der Waals surface area contributed by atoms with Crippen molar-refractivity contribution < 1.29 is 26.7 Å². The van der Waals surface area contributed by atoms with E-state index in [1.54, 1.807) is 13.0 Å². The number of H-pyrrole nitrogens is 1. The van der Waals surface area contributed by atoms with Gasteiger partial charge in [0.25, 0.3) is 10.0 Å². The first kappa shape index (κ1) is 23.0. The number of hydrogen-bond acceptors (Lipinski definition) is 7. The summed E-state index contributed by atoms with van der Waals surface area (Å²) >= 11 is 7.25. The Hall–Kier alpha value is -3.22. The van der Waals surface area contributed by atoms with Crippen molar-refractivity contribution in [2.75, 3.05) is 11.3 Å². The van der Waals surface area contributed by atoms with Crippen molar-refractivity contribution in [1.82, 2.24) is 15.2 Å². The summed E-state index contributed by atoms with van der Waals surface area (Å²) in [4.78, 5) is 2.89. The molecule has 8 nitrogen and oxygen atoms in total. The van der Waals surface area contributed by atoms with Gasteiger partial charge in [0.1, 0.15) is 16.5 Å². The minimum absolute atomic E-state index is 0.00356. The summed E-state index contributed by atoms with van der Waals surface area (Å²) < 4.78 is 67.6. The van der Waals surface area contributed by atoms with Gasteiger partial charge in [-0.15, -0.1) is 11.3 Å². The third-order valence-corrected chi connectivity index (χ3v) is 6.48. The highest BCUT2D eigenvalue weighted by molar-refractivity contribution is 7.92. The van der Waals surface area contributed by atoms with E-state index in [2.05, 4.69) is 19.9 Å². The van der Waals surface area contributed by atoms with Gasteiger partial charge in [0, 0.05) is 28.1 Å². The zero-order chi connectivity index (χ0) is 23.6. The van der Waals surface area contributed by atoms with Gasteiger partial charge in [-0.3, -0.25) is 4.72 Å². The maximum Gasteiger partial charge on any atom is 0.266 e. The third-order valence-electron chi connectivity index (χ3n) is 4.29. The van der Waals surface area contributed by atoms with Crippen molar-refractivity contribution in [1.29, 1.82) is 0 Å². The largest absolute Gasteiger partial charge is 0.478 e. The van der Waals surface area contributed by atoms with E-state index in [1.165, 1.54) is 29.2 Å². The lowest BCUT2D eigenvalue weighted by atomic mass is 10.1. The van der Waals surface area contributed by atoms with Gasteiger partial charge in [-0.1, -0.05) is 11.6 Å². The van der Waals surface area contributed by atoms with E-state index in [0.717, 1.165) is 11.3 Å². The molecule has 0 saturated carbocycles. The standard InChI is InChI=1S/C20H15ClF2N4O4S2/c1-2-30-20-13(8-25-26-20)12-5-11(21)3-4-16(12)31-17-6-15(23)18(7-14(17)22)33(28,29)27-19-9-32-10-24-19/h3-10,27H,2H2,1H3,(H,25,26). The summed E-state index contributed by atoms with van der Waals surface area (Å²) in [5, 5.41) is 8.41. The predicted octanol–water partition coefficient (Wildman–Crippen LogP) is 5.46. The number of ether oxygens (including phenoxy) is 2. The summed E-state index contributed by atoms with van der Waals surface area (Å²) in [6.45, 7) is 2.15. The molecule has 0 spiro atoms. The number of rotatable bonds is 8. The number of aromatic nitrogens is 3. The van der Waals surface area contributed by atoms with Crippen LogP contribution in [0.15, 0.2) is 52.3 Å². The number of nitrogens with zero attached hydrogens (tertiary/aromatic N) is 2. The number of hydrogen-bond donors (Lipinski definition) is 2. The maximum absolute atomic E-state index is 14.8. The number of thiazole rings is 1. The van der Waals surface area contributed by atoms with Gasteiger partial charge in [-0.05, 0) is 25.1 Å². The van der Waals surface area contributed by atoms with Crippen LogP contribution in [-0.4, -0.2) is 30.2 Å². The van der Waals surface area contributed by atoms with Gasteiger partial charge in [0.15, 0.2) is 17.4 Å². The number of nitrogens with one attached hydrogen (secondary N) is 2. The Kier molecular flexibility index (Phi) is 6.49. The summed E-state index contributed by atoms with van der Waals surface area (Å²) in [5.74, 6) is -2.36. The van der Waals surface area contributed by atoms with E-state index < -0.39 is 32.3 Å². The molecule has 0 aliphatic carbocycles. The molecule has 0 unspecified atom stereocenters. The Balaban J connectivity index is 1.69. The minimum atomic E-state index is -4.41. The molecular formula is C20H15ClF2N4O4S2. The second-order valence-electron chi connectivity index (χ2n) is 6.48. The molecule has 2 aromatic carbocycles. The van der Waals surface area contributed by atoms with E-state index in [0.29, 0.717) is 40.8 Å². The SMILES string of the molecule is CCOc1[nH]ncc1-c1cc(Cl)ccc1Oc1cc(F)c(S(=O)(=O)Nc2cscn2)cc1F. The lowest BCUT2D eigenvalue weighted by molar-refractivity contribution is 0.327. The fourth-order valence-corrected chi connectivity index (χ4v) is 4.69. The van der Waals surface area contributed by atoms with Gasteiger partial charge in [-0.25, -0.2) is 27.3 Å². The summed E-state index contributed by atoms with van der Waals surface area (Å²) in [6, 6.07) is 5.72. The van der Waals surface area contributed by atoms with Crippen LogP contribution < -0.4 is 14.2 Å². The molecule has 2 heterocycles. The van der Waals surface area contributed by atoms with E-state index >= 15 is 0 Å². The molecule has 0 aliphatic rings. The number of sulfonamides is 1. The molecule has 0 bridgehead atoms. The van der Waals surface area contributed by atoms with Gasteiger partial charge in [0.05, 0.1) is 23.9 Å². The smallest absolute Gasteiger partial charge is 0.266 e. The Morgan fingerprint density at radius 2 is 1.97 bits per heavy atom. The molecule has 0 amide bonds. The van der Waals surface area contributed by atoms with E-state index in [1.807, 2.05) is 0 Å². The number of benzene rings is 2. The van der Waals surface area contributed by atoms with Crippen LogP contribution in [0.5, 0.6) is 17.4 Å². The second kappa shape index (κ2) is 9.33. The van der Waals surface area contributed by atoms with Crippen LogP contribution in [0.3, 0.4) is 0 Å². The Bertz CT molecular complexity index is 1400. The third kappa shape index (κ3) is 4.92. The molecule has 0 fully saturated rings. The first-order chi connectivity index (χ1) is 15.8. The van der Waals surface area contributed by atoms with Crippen LogP contribution >= 0.6 is 22.9 Å². The lowest BCUT2D eigenvalue weighted by Crippen LogP contribution is -2.15. The van der Waals surface area contributed by atoms with E-state index in [4.69, 9.17) is 21.1 Å². The Labute approximate surface area is 196 Å². The molecular weight excluding hydrogens is 498 g/mol. The van der Waals surface area contributed by atoms with Crippen LogP contribution in [0.25, 0.3) is 11.1 Å². The van der Waals surface area contributed by atoms with Crippen LogP contribution in [-0.2, 0) is 10.0 Å². The van der Waals surface area contributed by atoms with Crippen molar-refractivity contribution in [3.05, 3.63) is 64.1 Å². The molecule has 0 radical (unpaired) electrons. The monoisotopic (exact) mass is 512 g/mol. The summed E-state index contributed by atoms with van der Waals surface area (Å²) in [5.41, 5.74) is 2.29. The highest BCUT2D eigenvalue weighted by Gasteiger charge is 2.24. The number of anilines is 1. The molecule has 33 heavy (non-hydrogen) atoms. The summed E-state index contributed by atoms with van der Waals surface area (Å²) in [7, 11) is -4.41. The lowest BCUT2D eigenvalue weighted by Gasteiger charge is -2.14. The normalized spacial score (nSPS) is 11.4. The van der Waals surface area contributed by atoms with Crippen molar-refractivity contribution in [3.8, 4) is 28.5 Å². The zero-order valence-corrected chi connectivity index (χ0v) is 19.2. The van der Waals surface area contributed by atoms with E-state index in [-0.39, 0.29) is 11.6 Å². The van der Waals surface area contributed by atoms with Crippen LogP contribution in [0.4, 0.5) is 14.6 Å². The molecule has 0 aliphatic heterocycles.